The number of oxazole rings is 1. The maximum atomic E-state index is 11.0. The van der Waals surface area contributed by atoms with Gasteiger partial charge in [-0.25, -0.2) is 9.78 Å². The van der Waals surface area contributed by atoms with Crippen molar-refractivity contribution >= 4 is 27.2 Å². The van der Waals surface area contributed by atoms with E-state index in [2.05, 4.69) is 20.9 Å². The Hall–Kier alpha value is -1.10. The molecule has 5 heteroatoms. The van der Waals surface area contributed by atoms with E-state index in [4.69, 9.17) is 4.42 Å². The second-order valence-electron chi connectivity index (χ2n) is 2.40. The average molecular weight is 229 g/mol. The third-order valence-corrected chi connectivity index (χ3v) is 2.02. The Bertz CT molecular complexity index is 486. The smallest absolute Gasteiger partial charge is 0.406 e. The quantitative estimate of drug-likeness (QED) is 0.683. The maximum absolute atomic E-state index is 11.0. The number of pyridine rings is 1. The highest BCUT2D eigenvalue weighted by Crippen LogP contribution is 2.14. The van der Waals surface area contributed by atoms with E-state index in [1.165, 1.54) is 4.57 Å². The van der Waals surface area contributed by atoms with Gasteiger partial charge in [0.25, 0.3) is 0 Å². The van der Waals surface area contributed by atoms with E-state index >= 15 is 0 Å². The van der Waals surface area contributed by atoms with Gasteiger partial charge in [-0.1, -0.05) is 0 Å². The number of nitrogens with zero attached hydrogens (tertiary/aromatic N) is 2. The van der Waals surface area contributed by atoms with E-state index in [9.17, 15) is 4.79 Å². The normalized spacial score (nSPS) is 10.8. The lowest BCUT2D eigenvalue weighted by molar-refractivity contribution is 0.528. The molecule has 0 saturated carbocycles. The van der Waals surface area contributed by atoms with Gasteiger partial charge in [0, 0.05) is 23.8 Å². The Morgan fingerprint density at radius 2 is 2.42 bits per heavy atom. The summed E-state index contributed by atoms with van der Waals surface area (Å²) in [6, 6.07) is 1.71. The Kier molecular flexibility index (Phi) is 1.54. The van der Waals surface area contributed by atoms with Crippen LogP contribution in [-0.2, 0) is 7.05 Å². The molecule has 4 nitrogen and oxygen atoms in total. The van der Waals surface area contributed by atoms with Crippen molar-refractivity contribution in [3.63, 3.8) is 0 Å². The van der Waals surface area contributed by atoms with Crippen LogP contribution >= 0.6 is 15.9 Å². The Morgan fingerprint density at radius 3 is 3.17 bits per heavy atom. The van der Waals surface area contributed by atoms with Gasteiger partial charge in [0.2, 0.25) is 0 Å². The second-order valence-corrected chi connectivity index (χ2v) is 3.32. The zero-order valence-electron chi connectivity index (χ0n) is 6.24. The topological polar surface area (TPSA) is 48.0 Å². The van der Waals surface area contributed by atoms with Gasteiger partial charge >= 0.3 is 5.76 Å². The molecule has 62 valence electrons. The van der Waals surface area contributed by atoms with Gasteiger partial charge in [-0.2, -0.15) is 0 Å². The molecule has 0 atom stereocenters. The van der Waals surface area contributed by atoms with Gasteiger partial charge in [-0.05, 0) is 15.9 Å². The highest BCUT2D eigenvalue weighted by atomic mass is 79.9. The lowest BCUT2D eigenvalue weighted by Crippen LogP contribution is -2.08. The van der Waals surface area contributed by atoms with Crippen molar-refractivity contribution in [2.45, 2.75) is 0 Å². The van der Waals surface area contributed by atoms with Crippen molar-refractivity contribution in [2.75, 3.05) is 0 Å². The van der Waals surface area contributed by atoms with Crippen LogP contribution in [0.3, 0.4) is 0 Å². The van der Waals surface area contributed by atoms with Crippen LogP contribution in [-0.4, -0.2) is 9.55 Å². The fourth-order valence-electron chi connectivity index (χ4n) is 0.989. The molecule has 0 aliphatic carbocycles. The molecule has 0 saturated heterocycles. The van der Waals surface area contributed by atoms with E-state index in [1.54, 1.807) is 19.3 Å². The minimum atomic E-state index is -0.393. The molecule has 0 spiro atoms. The molecule has 0 N–H and O–H groups in total. The summed E-state index contributed by atoms with van der Waals surface area (Å²) < 4.78 is 7.05. The van der Waals surface area contributed by atoms with Crippen LogP contribution in [0, 0.1) is 0 Å². The molecule has 0 radical (unpaired) electrons. The summed E-state index contributed by atoms with van der Waals surface area (Å²) >= 11 is 3.23. The zero-order valence-corrected chi connectivity index (χ0v) is 7.83. The summed E-state index contributed by atoms with van der Waals surface area (Å²) in [7, 11) is 1.62. The van der Waals surface area contributed by atoms with Crippen LogP contribution in [0.15, 0.2) is 25.9 Å². The van der Waals surface area contributed by atoms with E-state index in [-0.39, 0.29) is 0 Å². The number of rotatable bonds is 0. The Balaban J connectivity index is 2.96. The predicted molar refractivity (Wildman–Crippen MR) is 47.0 cm³/mol. The first-order valence-electron chi connectivity index (χ1n) is 3.29. The van der Waals surface area contributed by atoms with Crippen molar-refractivity contribution in [2.24, 2.45) is 7.05 Å². The summed E-state index contributed by atoms with van der Waals surface area (Å²) in [6.07, 6.45) is 1.62. The first-order valence-corrected chi connectivity index (χ1v) is 4.09. The van der Waals surface area contributed by atoms with Crippen molar-refractivity contribution in [3.05, 3.63) is 27.3 Å². The van der Waals surface area contributed by atoms with Crippen LogP contribution in [0.25, 0.3) is 11.2 Å². The third-order valence-electron chi connectivity index (χ3n) is 1.59. The number of halogens is 1. The molecule has 0 fully saturated rings. The molecular weight excluding hydrogens is 224 g/mol. The lowest BCUT2D eigenvalue weighted by Gasteiger charge is -1.89. The van der Waals surface area contributed by atoms with Crippen LogP contribution in [0.5, 0.6) is 0 Å². The molecule has 0 aliphatic heterocycles. The van der Waals surface area contributed by atoms with Gasteiger partial charge in [0.15, 0.2) is 11.2 Å². The summed E-state index contributed by atoms with van der Waals surface area (Å²) in [5.74, 6) is -0.393. The molecule has 0 aromatic carbocycles. The van der Waals surface area contributed by atoms with E-state index in [0.717, 1.165) is 4.47 Å². The van der Waals surface area contributed by atoms with Crippen LogP contribution in [0.4, 0.5) is 0 Å². The number of hydrogen-bond donors (Lipinski definition) is 0. The third kappa shape index (κ3) is 0.972. The number of aryl methyl sites for hydroxylation is 1. The highest BCUT2D eigenvalue weighted by molar-refractivity contribution is 9.10. The first-order chi connectivity index (χ1) is 5.68. The van der Waals surface area contributed by atoms with Crippen LogP contribution < -0.4 is 5.76 Å². The van der Waals surface area contributed by atoms with Crippen LogP contribution in [0.1, 0.15) is 0 Å². The first kappa shape index (κ1) is 7.54. The fraction of sp³-hybridized carbons (Fsp3) is 0.143. The van der Waals surface area contributed by atoms with Crippen molar-refractivity contribution in [1.29, 1.82) is 0 Å². The molecule has 2 rings (SSSR count). The molecule has 0 aliphatic rings. The van der Waals surface area contributed by atoms with Gasteiger partial charge in [-0.15, -0.1) is 0 Å². The number of aromatic nitrogens is 2. The SMILES string of the molecule is Cn1c(=O)oc2cc(Br)cnc21. The summed E-state index contributed by atoms with van der Waals surface area (Å²) in [5, 5.41) is 0. The minimum absolute atomic E-state index is 0.393. The monoisotopic (exact) mass is 228 g/mol. The predicted octanol–water partition coefficient (Wildman–Crippen LogP) is 1.29. The molecule has 12 heavy (non-hydrogen) atoms. The van der Waals surface area contributed by atoms with Gasteiger partial charge in [0.1, 0.15) is 0 Å². The molecule has 2 heterocycles. The number of fused-ring (bicyclic) bond motifs is 1. The molecule has 2 aromatic rings. The molecule has 0 bridgehead atoms. The maximum Gasteiger partial charge on any atom is 0.420 e. The van der Waals surface area contributed by atoms with E-state index in [1.807, 2.05) is 0 Å². The van der Waals surface area contributed by atoms with E-state index in [0.29, 0.717) is 11.2 Å². The summed E-state index contributed by atoms with van der Waals surface area (Å²) in [5.41, 5.74) is 1.06. The fourth-order valence-corrected chi connectivity index (χ4v) is 1.30. The Morgan fingerprint density at radius 1 is 1.67 bits per heavy atom. The molecule has 0 amide bonds. The average Bonchev–Trinajstić information content (AvgIpc) is 2.28. The standard InChI is InChI=1S/C7H5BrN2O2/c1-10-6-5(12-7(10)11)2-4(8)3-9-6/h2-3H,1H3. The van der Waals surface area contributed by atoms with Crippen molar-refractivity contribution in [3.8, 4) is 0 Å². The minimum Gasteiger partial charge on any atom is -0.406 e. The lowest BCUT2D eigenvalue weighted by atomic mass is 10.5. The summed E-state index contributed by atoms with van der Waals surface area (Å²) in [4.78, 5) is 15.0. The van der Waals surface area contributed by atoms with Crippen molar-refractivity contribution in [1.82, 2.24) is 9.55 Å². The largest absolute Gasteiger partial charge is 0.420 e. The molecule has 0 unspecified atom stereocenters. The molecule has 2 aromatic heterocycles. The van der Waals surface area contributed by atoms with Crippen LogP contribution in [0.2, 0.25) is 0 Å². The summed E-state index contributed by atoms with van der Waals surface area (Å²) in [6.45, 7) is 0. The highest BCUT2D eigenvalue weighted by Gasteiger charge is 2.05. The van der Waals surface area contributed by atoms with Crippen molar-refractivity contribution < 1.29 is 4.42 Å². The second kappa shape index (κ2) is 2.45. The zero-order chi connectivity index (χ0) is 8.72. The van der Waals surface area contributed by atoms with Gasteiger partial charge in [0.05, 0.1) is 0 Å². The van der Waals surface area contributed by atoms with Gasteiger partial charge < -0.3 is 4.42 Å². The molecular formula is C7H5BrN2O2. The number of hydrogen-bond acceptors (Lipinski definition) is 3. The van der Waals surface area contributed by atoms with Gasteiger partial charge in [-0.3, -0.25) is 4.57 Å². The Labute approximate surface area is 76.0 Å². The van der Waals surface area contributed by atoms with E-state index < -0.39 is 5.76 Å².